The zero-order valence-electron chi connectivity index (χ0n) is 13.2. The maximum atomic E-state index is 4.36. The molecule has 2 aliphatic carbocycles. The smallest absolute Gasteiger partial charge is 0.191 e. The Bertz CT molecular complexity index is 512. The molecule has 2 aliphatic rings. The van der Waals surface area contributed by atoms with Crippen LogP contribution in [0.15, 0.2) is 47.5 Å². The summed E-state index contributed by atoms with van der Waals surface area (Å²) in [6, 6.07) is 11.3. The number of hydrogen-bond acceptors (Lipinski definition) is 1. The Hall–Kier alpha value is -1.04. The monoisotopic (exact) mass is 411 g/mol. The van der Waals surface area contributed by atoms with Crippen LogP contribution in [0, 0.1) is 5.41 Å². The molecular weight excluding hydrogens is 385 g/mol. The van der Waals surface area contributed by atoms with Crippen LogP contribution in [0.3, 0.4) is 0 Å². The summed E-state index contributed by atoms with van der Waals surface area (Å²) in [6.45, 7) is 1.02. The summed E-state index contributed by atoms with van der Waals surface area (Å²) in [5, 5.41) is 7.04. The van der Waals surface area contributed by atoms with Crippen molar-refractivity contribution < 1.29 is 0 Å². The van der Waals surface area contributed by atoms with E-state index in [1.54, 1.807) is 0 Å². The van der Waals surface area contributed by atoms with Crippen molar-refractivity contribution >= 4 is 29.9 Å². The molecular formula is C18H26IN3. The zero-order chi connectivity index (χ0) is 14.5. The number of rotatable bonds is 5. The van der Waals surface area contributed by atoms with Crippen LogP contribution in [0.1, 0.15) is 31.2 Å². The number of nitrogens with one attached hydrogen (secondary N) is 2. The molecule has 0 amide bonds. The van der Waals surface area contributed by atoms with Gasteiger partial charge in [0.05, 0.1) is 0 Å². The van der Waals surface area contributed by atoms with Crippen LogP contribution in [-0.4, -0.2) is 25.6 Å². The number of benzene rings is 1. The molecule has 0 spiro atoms. The van der Waals surface area contributed by atoms with Gasteiger partial charge in [-0.05, 0) is 43.1 Å². The summed E-state index contributed by atoms with van der Waals surface area (Å²) in [5.74, 6) is 0.947. The Morgan fingerprint density at radius 3 is 2.45 bits per heavy atom. The Balaban J connectivity index is 0.00000176. The minimum absolute atomic E-state index is 0. The van der Waals surface area contributed by atoms with Crippen LogP contribution in [-0.2, 0) is 6.42 Å². The molecule has 0 bridgehead atoms. The van der Waals surface area contributed by atoms with Crippen LogP contribution < -0.4 is 10.6 Å². The van der Waals surface area contributed by atoms with Crippen LogP contribution in [0.4, 0.5) is 0 Å². The van der Waals surface area contributed by atoms with Gasteiger partial charge in [-0.25, -0.2) is 0 Å². The lowest BCUT2D eigenvalue weighted by Crippen LogP contribution is -2.44. The van der Waals surface area contributed by atoms with Gasteiger partial charge in [-0.3, -0.25) is 4.99 Å². The van der Waals surface area contributed by atoms with E-state index in [9.17, 15) is 0 Å². The van der Waals surface area contributed by atoms with Gasteiger partial charge in [0.1, 0.15) is 0 Å². The maximum absolute atomic E-state index is 4.36. The van der Waals surface area contributed by atoms with E-state index in [0.717, 1.165) is 25.3 Å². The summed E-state index contributed by atoms with van der Waals surface area (Å²) in [7, 11) is 1.86. The van der Waals surface area contributed by atoms with Crippen molar-refractivity contribution in [3.8, 4) is 0 Å². The van der Waals surface area contributed by atoms with Gasteiger partial charge in [0.15, 0.2) is 5.96 Å². The van der Waals surface area contributed by atoms with Gasteiger partial charge in [0.25, 0.3) is 0 Å². The van der Waals surface area contributed by atoms with Crippen LogP contribution >= 0.6 is 24.0 Å². The molecule has 0 unspecified atom stereocenters. The van der Waals surface area contributed by atoms with Crippen molar-refractivity contribution in [3.63, 3.8) is 0 Å². The second-order valence-electron chi connectivity index (χ2n) is 6.37. The average Bonchev–Trinajstić information content (AvgIpc) is 3.08. The van der Waals surface area contributed by atoms with Gasteiger partial charge in [0.2, 0.25) is 0 Å². The summed E-state index contributed by atoms with van der Waals surface area (Å²) >= 11 is 0. The lowest BCUT2D eigenvalue weighted by atomic mass is 9.96. The van der Waals surface area contributed by atoms with Gasteiger partial charge < -0.3 is 10.6 Å². The first-order valence-corrected chi connectivity index (χ1v) is 7.96. The third-order valence-corrected chi connectivity index (χ3v) is 4.58. The number of hydrogen-bond donors (Lipinski definition) is 2. The number of guanidine groups is 1. The molecule has 1 aromatic rings. The lowest BCUT2D eigenvalue weighted by molar-refractivity contribution is 0.488. The molecule has 0 aromatic heterocycles. The minimum Gasteiger partial charge on any atom is -0.356 e. The molecule has 4 heteroatoms. The van der Waals surface area contributed by atoms with Gasteiger partial charge in [-0.1, -0.05) is 42.5 Å². The van der Waals surface area contributed by atoms with Gasteiger partial charge >= 0.3 is 0 Å². The highest BCUT2D eigenvalue weighted by atomic mass is 127. The first kappa shape index (κ1) is 17.3. The second kappa shape index (κ2) is 7.99. The third kappa shape index (κ3) is 4.73. The molecule has 1 aromatic carbocycles. The van der Waals surface area contributed by atoms with E-state index in [0.29, 0.717) is 11.5 Å². The van der Waals surface area contributed by atoms with Crippen molar-refractivity contribution in [3.05, 3.63) is 48.0 Å². The quantitative estimate of drug-likeness (QED) is 0.337. The highest BCUT2D eigenvalue weighted by molar-refractivity contribution is 14.0. The van der Waals surface area contributed by atoms with Gasteiger partial charge in [-0.2, -0.15) is 0 Å². The molecule has 22 heavy (non-hydrogen) atoms. The molecule has 0 radical (unpaired) electrons. The Labute approximate surface area is 150 Å². The van der Waals surface area contributed by atoms with E-state index in [1.807, 2.05) is 7.05 Å². The van der Waals surface area contributed by atoms with Crippen molar-refractivity contribution in [2.45, 2.75) is 38.1 Å². The van der Waals surface area contributed by atoms with Crippen molar-refractivity contribution in [2.24, 2.45) is 10.4 Å². The summed E-state index contributed by atoms with van der Waals surface area (Å²) in [5.41, 5.74) is 1.88. The van der Waals surface area contributed by atoms with E-state index < -0.39 is 0 Å². The van der Waals surface area contributed by atoms with E-state index in [2.05, 4.69) is 58.1 Å². The standard InChI is InChI=1S/C18H25N3.HI/c1-19-17(21-16-9-5-6-10-16)20-14-18(11-12-18)13-15-7-3-2-4-8-15;/h2-8,16H,9-14H2,1H3,(H2,19,20,21);1H. The lowest BCUT2D eigenvalue weighted by Gasteiger charge is -2.21. The Morgan fingerprint density at radius 1 is 1.18 bits per heavy atom. The fourth-order valence-corrected chi connectivity index (χ4v) is 3.02. The van der Waals surface area contributed by atoms with Gasteiger partial charge in [0, 0.05) is 19.6 Å². The molecule has 0 saturated heterocycles. The predicted octanol–water partition coefficient (Wildman–Crippen LogP) is 3.51. The van der Waals surface area contributed by atoms with Crippen molar-refractivity contribution in [2.75, 3.05) is 13.6 Å². The number of aliphatic imine (C=N–C) groups is 1. The maximum Gasteiger partial charge on any atom is 0.191 e. The van der Waals surface area contributed by atoms with Crippen LogP contribution in [0.2, 0.25) is 0 Å². The highest BCUT2D eigenvalue weighted by Crippen LogP contribution is 2.47. The molecule has 120 valence electrons. The topological polar surface area (TPSA) is 36.4 Å². The SMILES string of the molecule is CN=C(NCC1(Cc2ccccc2)CC1)NC1CC=CC1.I. The van der Waals surface area contributed by atoms with Crippen LogP contribution in [0.25, 0.3) is 0 Å². The van der Waals surface area contributed by atoms with E-state index in [-0.39, 0.29) is 24.0 Å². The summed E-state index contributed by atoms with van der Waals surface area (Å²) < 4.78 is 0. The normalized spacial score (nSPS) is 19.6. The first-order valence-electron chi connectivity index (χ1n) is 7.96. The number of nitrogens with zero attached hydrogens (tertiary/aromatic N) is 1. The number of halogens is 1. The molecule has 0 atom stereocenters. The Morgan fingerprint density at radius 2 is 1.86 bits per heavy atom. The van der Waals surface area contributed by atoms with Crippen molar-refractivity contribution in [1.82, 2.24) is 10.6 Å². The van der Waals surface area contributed by atoms with E-state index in [1.165, 1.54) is 24.8 Å². The van der Waals surface area contributed by atoms with Crippen LogP contribution in [0.5, 0.6) is 0 Å². The minimum atomic E-state index is 0. The molecule has 3 rings (SSSR count). The summed E-state index contributed by atoms with van der Waals surface area (Å²) in [4.78, 5) is 4.36. The van der Waals surface area contributed by atoms with E-state index >= 15 is 0 Å². The molecule has 3 nitrogen and oxygen atoms in total. The molecule has 2 N–H and O–H groups in total. The van der Waals surface area contributed by atoms with E-state index in [4.69, 9.17) is 0 Å². The molecule has 0 aliphatic heterocycles. The summed E-state index contributed by atoms with van der Waals surface area (Å²) in [6.07, 6.45) is 10.5. The van der Waals surface area contributed by atoms with Crippen molar-refractivity contribution in [1.29, 1.82) is 0 Å². The molecule has 1 fully saturated rings. The zero-order valence-corrected chi connectivity index (χ0v) is 15.5. The van der Waals surface area contributed by atoms with Gasteiger partial charge in [-0.15, -0.1) is 24.0 Å². The highest BCUT2D eigenvalue weighted by Gasteiger charge is 2.42. The first-order chi connectivity index (χ1) is 10.3. The molecule has 1 saturated carbocycles. The molecule has 0 heterocycles. The third-order valence-electron chi connectivity index (χ3n) is 4.58. The largest absolute Gasteiger partial charge is 0.356 e. The fraction of sp³-hybridized carbons (Fsp3) is 0.500. The Kier molecular flexibility index (Phi) is 6.29. The fourth-order valence-electron chi connectivity index (χ4n) is 3.02. The second-order valence-corrected chi connectivity index (χ2v) is 6.37. The predicted molar refractivity (Wildman–Crippen MR) is 104 cm³/mol. The average molecular weight is 411 g/mol.